The van der Waals surface area contributed by atoms with Crippen molar-refractivity contribution in [2.75, 3.05) is 21.3 Å². The van der Waals surface area contributed by atoms with Gasteiger partial charge >= 0.3 is 5.97 Å². The lowest BCUT2D eigenvalue weighted by atomic mass is 9.84. The molecule has 1 aliphatic heterocycles. The summed E-state index contributed by atoms with van der Waals surface area (Å²) in [6.07, 6.45) is 1.50. The van der Waals surface area contributed by atoms with Gasteiger partial charge in [0.15, 0.2) is 11.5 Å². The van der Waals surface area contributed by atoms with Crippen LogP contribution in [0.5, 0.6) is 23.0 Å². The standard InChI is InChI=1S/C27H22O7/c1-30-21-12-9-16(26(31-2)27(21)32-3)18-13-22(28)34-20-11-10-17-24(29)19(14-33-25(17)23(18)20)15-7-5-4-6-8-15/h4-12,14,18H,13H2,1-3H3/t18-/m0/s1. The summed E-state index contributed by atoms with van der Waals surface area (Å²) in [7, 11) is 4.59. The summed E-state index contributed by atoms with van der Waals surface area (Å²) in [6.45, 7) is 0. The zero-order chi connectivity index (χ0) is 23.8. The molecule has 0 bridgehead atoms. The summed E-state index contributed by atoms with van der Waals surface area (Å²) >= 11 is 0. The second-order valence-electron chi connectivity index (χ2n) is 7.85. The maximum absolute atomic E-state index is 13.4. The van der Waals surface area contributed by atoms with Gasteiger partial charge in [-0.3, -0.25) is 9.59 Å². The van der Waals surface area contributed by atoms with Crippen LogP contribution in [0.25, 0.3) is 22.1 Å². The van der Waals surface area contributed by atoms with Crippen molar-refractivity contribution in [2.45, 2.75) is 12.3 Å². The van der Waals surface area contributed by atoms with Crippen molar-refractivity contribution in [1.82, 2.24) is 0 Å². The van der Waals surface area contributed by atoms with Crippen LogP contribution in [0.2, 0.25) is 0 Å². The molecule has 0 saturated heterocycles. The molecule has 1 aromatic heterocycles. The molecule has 7 heteroatoms. The van der Waals surface area contributed by atoms with Crippen LogP contribution in [0.3, 0.4) is 0 Å². The summed E-state index contributed by atoms with van der Waals surface area (Å²) < 4.78 is 28.2. The molecule has 0 N–H and O–H groups in total. The van der Waals surface area contributed by atoms with Gasteiger partial charge in [-0.15, -0.1) is 0 Å². The van der Waals surface area contributed by atoms with E-state index in [1.807, 2.05) is 36.4 Å². The third-order valence-electron chi connectivity index (χ3n) is 6.08. The number of ether oxygens (including phenoxy) is 4. The molecule has 0 fully saturated rings. The number of benzene rings is 3. The lowest BCUT2D eigenvalue weighted by molar-refractivity contribution is -0.135. The molecule has 0 amide bonds. The molecule has 4 aromatic rings. The van der Waals surface area contributed by atoms with Crippen LogP contribution in [0.1, 0.15) is 23.5 Å². The largest absolute Gasteiger partial charge is 0.493 e. The summed E-state index contributed by atoms with van der Waals surface area (Å²) in [4.78, 5) is 25.9. The smallest absolute Gasteiger partial charge is 0.312 e. The lowest BCUT2D eigenvalue weighted by Gasteiger charge is -2.27. The number of esters is 1. The van der Waals surface area contributed by atoms with Gasteiger partial charge in [0.05, 0.1) is 38.7 Å². The first-order valence-electron chi connectivity index (χ1n) is 10.7. The maximum atomic E-state index is 13.4. The van der Waals surface area contributed by atoms with Gasteiger partial charge in [0.1, 0.15) is 17.6 Å². The third kappa shape index (κ3) is 3.37. The highest BCUT2D eigenvalue weighted by atomic mass is 16.5. The molecule has 172 valence electrons. The van der Waals surface area contributed by atoms with Gasteiger partial charge in [0.2, 0.25) is 11.2 Å². The van der Waals surface area contributed by atoms with Crippen molar-refractivity contribution in [3.8, 4) is 34.1 Å². The molecule has 0 radical (unpaired) electrons. The molecular formula is C27H22O7. The highest BCUT2D eigenvalue weighted by Crippen LogP contribution is 2.49. The van der Waals surface area contributed by atoms with E-state index in [0.29, 0.717) is 50.7 Å². The SMILES string of the molecule is COc1ccc([C@@H]2CC(=O)Oc3ccc4c(=O)c(-c5ccccc5)coc4c32)c(OC)c1OC. The first-order valence-corrected chi connectivity index (χ1v) is 10.7. The number of hydrogen-bond acceptors (Lipinski definition) is 7. The summed E-state index contributed by atoms with van der Waals surface area (Å²) in [5.74, 6) is 0.820. The van der Waals surface area contributed by atoms with E-state index in [9.17, 15) is 9.59 Å². The van der Waals surface area contributed by atoms with Crippen molar-refractivity contribution in [3.05, 3.63) is 82.2 Å². The Balaban J connectivity index is 1.76. The monoisotopic (exact) mass is 458 g/mol. The molecule has 0 spiro atoms. The van der Waals surface area contributed by atoms with Crippen molar-refractivity contribution >= 4 is 16.9 Å². The Labute approximate surface area is 195 Å². The van der Waals surface area contributed by atoms with Crippen molar-refractivity contribution < 1.29 is 28.2 Å². The first-order chi connectivity index (χ1) is 16.6. The molecule has 1 atom stereocenters. The first kappa shape index (κ1) is 21.6. The van der Waals surface area contributed by atoms with Crippen molar-refractivity contribution in [2.24, 2.45) is 0 Å². The van der Waals surface area contributed by atoms with Gasteiger partial charge in [-0.05, 0) is 23.8 Å². The molecular weight excluding hydrogens is 436 g/mol. The van der Waals surface area contributed by atoms with Crippen LogP contribution in [0, 0.1) is 0 Å². The van der Waals surface area contributed by atoms with Crippen LogP contribution >= 0.6 is 0 Å². The predicted molar refractivity (Wildman–Crippen MR) is 126 cm³/mol. The molecule has 2 heterocycles. The molecule has 0 unspecified atom stereocenters. The number of carbonyl (C=O) groups excluding carboxylic acids is 1. The summed E-state index contributed by atoms with van der Waals surface area (Å²) in [5.41, 5.74) is 2.74. The van der Waals surface area contributed by atoms with Crippen molar-refractivity contribution in [3.63, 3.8) is 0 Å². The second-order valence-corrected chi connectivity index (χ2v) is 7.85. The fourth-order valence-corrected chi connectivity index (χ4v) is 4.54. The van der Waals surface area contributed by atoms with Crippen LogP contribution < -0.4 is 24.4 Å². The van der Waals surface area contributed by atoms with E-state index in [0.717, 1.165) is 5.56 Å². The fourth-order valence-electron chi connectivity index (χ4n) is 4.54. The molecule has 3 aromatic carbocycles. The van der Waals surface area contributed by atoms with Crippen LogP contribution in [0.4, 0.5) is 0 Å². The topological polar surface area (TPSA) is 84.2 Å². The van der Waals surface area contributed by atoms with Crippen LogP contribution in [-0.2, 0) is 4.79 Å². The quantitative estimate of drug-likeness (QED) is 0.310. The van der Waals surface area contributed by atoms with E-state index in [4.69, 9.17) is 23.4 Å². The van der Waals surface area contributed by atoms with Crippen molar-refractivity contribution in [1.29, 1.82) is 0 Å². The summed E-state index contributed by atoms with van der Waals surface area (Å²) in [5, 5.41) is 0.405. The Morgan fingerprint density at radius 3 is 2.32 bits per heavy atom. The fraction of sp³-hybridized carbons (Fsp3) is 0.185. The minimum absolute atomic E-state index is 0.0438. The van der Waals surface area contributed by atoms with Crippen LogP contribution in [0.15, 0.2) is 70.1 Å². The van der Waals surface area contributed by atoms with Gasteiger partial charge in [-0.25, -0.2) is 0 Å². The molecule has 34 heavy (non-hydrogen) atoms. The van der Waals surface area contributed by atoms with Gasteiger partial charge in [-0.2, -0.15) is 0 Å². The number of carbonyl (C=O) groups is 1. The summed E-state index contributed by atoms with van der Waals surface area (Å²) in [6, 6.07) is 16.2. The van der Waals surface area contributed by atoms with E-state index in [1.165, 1.54) is 27.6 Å². The average Bonchev–Trinajstić information content (AvgIpc) is 2.87. The van der Waals surface area contributed by atoms with E-state index < -0.39 is 11.9 Å². The number of fused-ring (bicyclic) bond motifs is 3. The predicted octanol–water partition coefficient (Wildman–Crippen LogP) is 4.93. The van der Waals surface area contributed by atoms with Gasteiger partial charge < -0.3 is 23.4 Å². The zero-order valence-corrected chi connectivity index (χ0v) is 18.9. The normalized spacial score (nSPS) is 14.9. The number of methoxy groups -OCH3 is 3. The molecule has 0 saturated carbocycles. The van der Waals surface area contributed by atoms with E-state index in [1.54, 1.807) is 18.2 Å². The van der Waals surface area contributed by atoms with Crippen LogP contribution in [-0.4, -0.2) is 27.3 Å². The van der Waals surface area contributed by atoms with Gasteiger partial charge in [0, 0.05) is 17.0 Å². The minimum Gasteiger partial charge on any atom is -0.493 e. The van der Waals surface area contributed by atoms with Gasteiger partial charge in [-0.1, -0.05) is 36.4 Å². The van der Waals surface area contributed by atoms with E-state index in [-0.39, 0.29) is 11.8 Å². The second kappa shape index (κ2) is 8.59. The highest BCUT2D eigenvalue weighted by Gasteiger charge is 2.35. The Morgan fingerprint density at radius 1 is 0.853 bits per heavy atom. The molecule has 7 nitrogen and oxygen atoms in total. The van der Waals surface area contributed by atoms with Gasteiger partial charge in [0.25, 0.3) is 0 Å². The number of rotatable bonds is 5. The highest BCUT2D eigenvalue weighted by molar-refractivity contribution is 5.90. The Bertz CT molecular complexity index is 1450. The Hall–Kier alpha value is -4.26. The Kier molecular flexibility index (Phi) is 5.45. The minimum atomic E-state index is -0.486. The molecule has 5 rings (SSSR count). The van der Waals surface area contributed by atoms with E-state index in [2.05, 4.69) is 0 Å². The average molecular weight is 458 g/mol. The third-order valence-corrected chi connectivity index (χ3v) is 6.08. The molecule has 0 aliphatic carbocycles. The maximum Gasteiger partial charge on any atom is 0.312 e. The zero-order valence-electron chi connectivity index (χ0n) is 18.9. The Morgan fingerprint density at radius 2 is 1.62 bits per heavy atom. The lowest BCUT2D eigenvalue weighted by Crippen LogP contribution is -2.22. The number of hydrogen-bond donors (Lipinski definition) is 0. The van der Waals surface area contributed by atoms with E-state index >= 15 is 0 Å². The molecule has 1 aliphatic rings.